The molecule has 1 N–H and O–H groups in total. The number of pyridine rings is 1. The van der Waals surface area contributed by atoms with Gasteiger partial charge in [0.1, 0.15) is 5.65 Å². The van der Waals surface area contributed by atoms with Crippen LogP contribution in [0.5, 0.6) is 0 Å². The van der Waals surface area contributed by atoms with Crippen LogP contribution >= 0.6 is 0 Å². The third-order valence-electron chi connectivity index (χ3n) is 4.24. The Morgan fingerprint density at radius 2 is 2.17 bits per heavy atom. The van der Waals surface area contributed by atoms with E-state index in [1.165, 1.54) is 6.20 Å². The predicted molar refractivity (Wildman–Crippen MR) is 88.9 cm³/mol. The van der Waals surface area contributed by atoms with E-state index in [-0.39, 0.29) is 5.03 Å². The number of nitrogens with zero attached hydrogens (tertiary/aromatic N) is 4. The topological polar surface area (TPSA) is 81.3 Å². The summed E-state index contributed by atoms with van der Waals surface area (Å²) in [6.45, 7) is 2.45. The molecule has 0 spiro atoms. The van der Waals surface area contributed by atoms with Gasteiger partial charge in [0.15, 0.2) is 5.03 Å². The van der Waals surface area contributed by atoms with Crippen LogP contribution in [0.15, 0.2) is 47.9 Å². The summed E-state index contributed by atoms with van der Waals surface area (Å²) in [5.74, 6) is 0.551. The molecule has 1 saturated carbocycles. The van der Waals surface area contributed by atoms with Crippen LogP contribution < -0.4 is 4.72 Å². The Hall–Kier alpha value is -2.19. The van der Waals surface area contributed by atoms with E-state index < -0.39 is 16.1 Å². The minimum Gasteiger partial charge on any atom is -0.307 e. The van der Waals surface area contributed by atoms with Crippen molar-refractivity contribution in [2.75, 3.05) is 0 Å². The van der Waals surface area contributed by atoms with Gasteiger partial charge in [-0.25, -0.2) is 18.1 Å². The molecule has 1 aliphatic rings. The maximum atomic E-state index is 12.7. The standard InChI is InChI=1S/C16H19N5O2S/c1-12(14-11-20-9-3-2-4-15(20)18-14)19-24(22,23)16-7-8-17-21(16)10-13-5-6-13/h2-4,7-9,11-13,19H,5-6,10H2,1H3/t12-/m0/s1. The summed E-state index contributed by atoms with van der Waals surface area (Å²) in [6.07, 6.45) is 7.54. The van der Waals surface area contributed by atoms with E-state index in [0.717, 1.165) is 18.5 Å². The molecule has 1 fully saturated rings. The summed E-state index contributed by atoms with van der Waals surface area (Å²) in [5.41, 5.74) is 1.47. The largest absolute Gasteiger partial charge is 0.307 e. The van der Waals surface area contributed by atoms with Gasteiger partial charge in [0, 0.05) is 18.9 Å². The van der Waals surface area contributed by atoms with Gasteiger partial charge < -0.3 is 4.40 Å². The molecule has 3 aromatic heterocycles. The monoisotopic (exact) mass is 345 g/mol. The fraction of sp³-hybridized carbons (Fsp3) is 0.375. The van der Waals surface area contributed by atoms with E-state index in [0.29, 0.717) is 18.2 Å². The van der Waals surface area contributed by atoms with Crippen molar-refractivity contribution in [3.63, 3.8) is 0 Å². The van der Waals surface area contributed by atoms with Gasteiger partial charge in [0.25, 0.3) is 10.0 Å². The van der Waals surface area contributed by atoms with E-state index in [9.17, 15) is 8.42 Å². The van der Waals surface area contributed by atoms with Gasteiger partial charge in [-0.1, -0.05) is 6.07 Å². The van der Waals surface area contributed by atoms with Crippen LogP contribution in [-0.2, 0) is 16.6 Å². The second kappa shape index (κ2) is 5.71. The van der Waals surface area contributed by atoms with Crippen LogP contribution in [0.25, 0.3) is 5.65 Å². The highest BCUT2D eigenvalue weighted by atomic mass is 32.2. The first-order valence-electron chi connectivity index (χ1n) is 8.01. The van der Waals surface area contributed by atoms with E-state index in [4.69, 9.17) is 0 Å². The fourth-order valence-electron chi connectivity index (χ4n) is 2.75. The van der Waals surface area contributed by atoms with Crippen molar-refractivity contribution in [3.05, 3.63) is 48.5 Å². The van der Waals surface area contributed by atoms with Crippen molar-refractivity contribution in [2.24, 2.45) is 5.92 Å². The molecule has 3 aromatic rings. The maximum Gasteiger partial charge on any atom is 0.258 e. The van der Waals surface area contributed by atoms with E-state index >= 15 is 0 Å². The Labute approximate surface area is 140 Å². The number of imidazole rings is 1. The minimum absolute atomic E-state index is 0.213. The van der Waals surface area contributed by atoms with Gasteiger partial charge in [-0.15, -0.1) is 0 Å². The SMILES string of the molecule is C[C@H](NS(=O)(=O)c1ccnn1CC1CC1)c1cn2ccccc2n1. The number of hydrogen-bond donors (Lipinski definition) is 1. The molecule has 0 bridgehead atoms. The Balaban J connectivity index is 1.57. The molecule has 0 aromatic carbocycles. The van der Waals surface area contributed by atoms with Gasteiger partial charge in [0.05, 0.1) is 17.9 Å². The number of rotatable bonds is 6. The molecule has 4 rings (SSSR count). The molecule has 0 amide bonds. The second-order valence-corrected chi connectivity index (χ2v) is 7.93. The van der Waals surface area contributed by atoms with Crippen LogP contribution in [0.2, 0.25) is 0 Å². The Morgan fingerprint density at radius 1 is 1.33 bits per heavy atom. The lowest BCUT2D eigenvalue weighted by Gasteiger charge is -2.13. The lowest BCUT2D eigenvalue weighted by atomic mass is 10.3. The van der Waals surface area contributed by atoms with E-state index in [1.807, 2.05) is 35.0 Å². The van der Waals surface area contributed by atoms with Gasteiger partial charge in [0.2, 0.25) is 0 Å². The highest BCUT2D eigenvalue weighted by Gasteiger charge is 2.28. The Bertz CT molecular complexity index is 938. The molecule has 1 atom stereocenters. The average Bonchev–Trinajstić information content (AvgIpc) is 3.07. The van der Waals surface area contributed by atoms with E-state index in [1.54, 1.807) is 17.7 Å². The molecule has 0 saturated heterocycles. The van der Waals surface area contributed by atoms with Crippen molar-refractivity contribution in [2.45, 2.75) is 37.4 Å². The molecular formula is C16H19N5O2S. The van der Waals surface area contributed by atoms with Gasteiger partial charge >= 0.3 is 0 Å². The van der Waals surface area contributed by atoms with Crippen LogP contribution in [0, 0.1) is 5.92 Å². The van der Waals surface area contributed by atoms with Crippen LogP contribution in [0.1, 0.15) is 31.5 Å². The summed E-state index contributed by atoms with van der Waals surface area (Å²) in [7, 11) is -3.65. The minimum atomic E-state index is -3.65. The Kier molecular flexibility index (Phi) is 3.65. The molecule has 3 heterocycles. The van der Waals surface area contributed by atoms with Crippen molar-refractivity contribution in [1.82, 2.24) is 23.9 Å². The summed E-state index contributed by atoms with van der Waals surface area (Å²) < 4.78 is 31.6. The number of hydrogen-bond acceptors (Lipinski definition) is 4. The van der Waals surface area contributed by atoms with Crippen LogP contribution in [0.3, 0.4) is 0 Å². The van der Waals surface area contributed by atoms with Crippen LogP contribution in [0.4, 0.5) is 0 Å². The molecule has 1 aliphatic carbocycles. The maximum absolute atomic E-state index is 12.7. The summed E-state index contributed by atoms with van der Waals surface area (Å²) in [6, 6.07) is 6.80. The van der Waals surface area contributed by atoms with Crippen molar-refractivity contribution < 1.29 is 8.42 Å². The van der Waals surface area contributed by atoms with Gasteiger partial charge in [-0.3, -0.25) is 4.68 Å². The number of fused-ring (bicyclic) bond motifs is 1. The average molecular weight is 345 g/mol. The molecule has 8 heteroatoms. The number of sulfonamides is 1. The molecule has 0 aliphatic heterocycles. The molecule has 7 nitrogen and oxygen atoms in total. The van der Waals surface area contributed by atoms with Crippen molar-refractivity contribution >= 4 is 15.7 Å². The third-order valence-corrected chi connectivity index (χ3v) is 5.80. The second-order valence-electron chi connectivity index (χ2n) is 6.27. The molecule has 126 valence electrons. The zero-order valence-corrected chi connectivity index (χ0v) is 14.1. The summed E-state index contributed by atoms with van der Waals surface area (Å²) >= 11 is 0. The lowest BCUT2D eigenvalue weighted by molar-refractivity contribution is 0.497. The van der Waals surface area contributed by atoms with Gasteiger partial charge in [-0.2, -0.15) is 5.10 Å². The highest BCUT2D eigenvalue weighted by Crippen LogP contribution is 2.31. The molecule has 24 heavy (non-hydrogen) atoms. The first kappa shape index (κ1) is 15.3. The summed E-state index contributed by atoms with van der Waals surface area (Å²) in [4.78, 5) is 4.47. The molecular weight excluding hydrogens is 326 g/mol. The number of aromatic nitrogens is 4. The first-order chi connectivity index (χ1) is 11.5. The Morgan fingerprint density at radius 3 is 2.92 bits per heavy atom. The van der Waals surface area contributed by atoms with E-state index in [2.05, 4.69) is 14.8 Å². The summed E-state index contributed by atoms with van der Waals surface area (Å²) in [5, 5.41) is 4.37. The molecule has 0 unspecified atom stereocenters. The smallest absolute Gasteiger partial charge is 0.258 e. The third kappa shape index (κ3) is 2.94. The normalized spacial score (nSPS) is 16.5. The quantitative estimate of drug-likeness (QED) is 0.741. The fourth-order valence-corrected chi connectivity index (χ4v) is 4.09. The van der Waals surface area contributed by atoms with Crippen molar-refractivity contribution in [1.29, 1.82) is 0 Å². The predicted octanol–water partition coefficient (Wildman–Crippen LogP) is 1.98. The number of nitrogens with one attached hydrogen (secondary N) is 1. The highest BCUT2D eigenvalue weighted by molar-refractivity contribution is 7.89. The van der Waals surface area contributed by atoms with Crippen LogP contribution in [-0.4, -0.2) is 27.6 Å². The zero-order valence-electron chi connectivity index (χ0n) is 13.3. The zero-order chi connectivity index (χ0) is 16.7. The van der Waals surface area contributed by atoms with Crippen molar-refractivity contribution in [3.8, 4) is 0 Å². The molecule has 0 radical (unpaired) electrons. The lowest BCUT2D eigenvalue weighted by Crippen LogP contribution is -2.29. The first-order valence-corrected chi connectivity index (χ1v) is 9.49. The van der Waals surface area contributed by atoms with Gasteiger partial charge in [-0.05, 0) is 43.9 Å².